The highest BCUT2D eigenvalue weighted by Gasteiger charge is 2.04. The van der Waals surface area contributed by atoms with Gasteiger partial charge in [0.15, 0.2) is 0 Å². The molecule has 0 amide bonds. The molecule has 25 heavy (non-hydrogen) atoms. The van der Waals surface area contributed by atoms with Crippen LogP contribution in [0.1, 0.15) is 16.7 Å². The van der Waals surface area contributed by atoms with E-state index in [9.17, 15) is 4.39 Å². The van der Waals surface area contributed by atoms with Crippen LogP contribution in [0.25, 0.3) is 0 Å². The van der Waals surface area contributed by atoms with Crippen LogP contribution < -0.4 is 10.5 Å². The molecule has 0 saturated carbocycles. The molecule has 124 valence electrons. The van der Waals surface area contributed by atoms with E-state index in [1.54, 1.807) is 36.7 Å². The zero-order chi connectivity index (χ0) is 17.5. The molecule has 0 aliphatic rings. The van der Waals surface area contributed by atoms with E-state index in [-0.39, 0.29) is 12.4 Å². The SMILES string of the molecule is Nc1ncccc1C#CCc1ccc(COc2ccccn2)cc1F. The maximum Gasteiger partial charge on any atom is 0.213 e. The number of hydrogen-bond donors (Lipinski definition) is 1. The number of nitrogen functional groups attached to an aromatic ring is 1. The lowest BCUT2D eigenvalue weighted by atomic mass is 10.1. The minimum Gasteiger partial charge on any atom is -0.473 e. The fourth-order valence-corrected chi connectivity index (χ4v) is 2.17. The van der Waals surface area contributed by atoms with Crippen molar-refractivity contribution in [1.29, 1.82) is 0 Å². The first-order chi connectivity index (χ1) is 12.2. The number of aromatic nitrogens is 2. The first kappa shape index (κ1) is 16.5. The van der Waals surface area contributed by atoms with E-state index < -0.39 is 0 Å². The molecular formula is C20H16FN3O. The van der Waals surface area contributed by atoms with Gasteiger partial charge in [0, 0.05) is 24.9 Å². The number of benzene rings is 1. The number of anilines is 1. The molecule has 0 aliphatic carbocycles. The van der Waals surface area contributed by atoms with Gasteiger partial charge in [-0.15, -0.1) is 0 Å². The van der Waals surface area contributed by atoms with Crippen LogP contribution in [0, 0.1) is 17.7 Å². The molecule has 0 spiro atoms. The smallest absolute Gasteiger partial charge is 0.213 e. The van der Waals surface area contributed by atoms with Gasteiger partial charge in [-0.3, -0.25) is 0 Å². The van der Waals surface area contributed by atoms with E-state index in [2.05, 4.69) is 21.8 Å². The summed E-state index contributed by atoms with van der Waals surface area (Å²) in [6.07, 6.45) is 3.54. The number of ether oxygens (including phenoxy) is 1. The van der Waals surface area contributed by atoms with Crippen LogP contribution in [0.4, 0.5) is 10.2 Å². The highest BCUT2D eigenvalue weighted by Crippen LogP contribution is 2.14. The maximum absolute atomic E-state index is 14.2. The first-order valence-electron chi connectivity index (χ1n) is 7.73. The van der Waals surface area contributed by atoms with E-state index >= 15 is 0 Å². The highest BCUT2D eigenvalue weighted by atomic mass is 19.1. The molecule has 0 radical (unpaired) electrons. The zero-order valence-electron chi connectivity index (χ0n) is 13.4. The summed E-state index contributed by atoms with van der Waals surface area (Å²) in [4.78, 5) is 8.02. The fraction of sp³-hybridized carbons (Fsp3) is 0.100. The van der Waals surface area contributed by atoms with Crippen LogP contribution >= 0.6 is 0 Å². The van der Waals surface area contributed by atoms with Crippen molar-refractivity contribution in [3.05, 3.63) is 83.4 Å². The molecule has 1 aromatic carbocycles. The quantitative estimate of drug-likeness (QED) is 0.744. The van der Waals surface area contributed by atoms with Crippen LogP contribution in [-0.4, -0.2) is 9.97 Å². The molecule has 0 aliphatic heterocycles. The summed E-state index contributed by atoms with van der Waals surface area (Å²) in [5, 5.41) is 0. The van der Waals surface area contributed by atoms with E-state index in [1.165, 1.54) is 6.07 Å². The molecule has 5 heteroatoms. The van der Waals surface area contributed by atoms with Crippen molar-refractivity contribution in [2.75, 3.05) is 5.73 Å². The van der Waals surface area contributed by atoms with Gasteiger partial charge in [-0.1, -0.05) is 30.0 Å². The average Bonchev–Trinajstić information content (AvgIpc) is 2.64. The Bertz CT molecular complexity index is 917. The van der Waals surface area contributed by atoms with Crippen LogP contribution in [0.3, 0.4) is 0 Å². The summed E-state index contributed by atoms with van der Waals surface area (Å²) in [6.45, 7) is 0.256. The Labute approximate surface area is 145 Å². The third kappa shape index (κ3) is 4.55. The van der Waals surface area contributed by atoms with Gasteiger partial charge in [0.25, 0.3) is 0 Å². The molecule has 0 bridgehead atoms. The van der Waals surface area contributed by atoms with Gasteiger partial charge in [0.2, 0.25) is 5.88 Å². The minimum absolute atomic E-state index is 0.256. The molecule has 3 rings (SSSR count). The van der Waals surface area contributed by atoms with E-state index in [1.807, 2.05) is 18.2 Å². The third-order valence-corrected chi connectivity index (χ3v) is 3.48. The first-order valence-corrected chi connectivity index (χ1v) is 7.73. The average molecular weight is 333 g/mol. The van der Waals surface area contributed by atoms with Crippen LogP contribution in [0.15, 0.2) is 60.9 Å². The van der Waals surface area contributed by atoms with Crippen LogP contribution in [0.2, 0.25) is 0 Å². The lowest BCUT2D eigenvalue weighted by Gasteiger charge is -2.06. The normalized spacial score (nSPS) is 9.96. The third-order valence-electron chi connectivity index (χ3n) is 3.48. The Morgan fingerprint density at radius 2 is 1.92 bits per heavy atom. The maximum atomic E-state index is 14.2. The standard InChI is InChI=1S/C20H16FN3O/c21-18-13-15(14-25-19-8-1-2-11-23-19)9-10-16(18)5-3-6-17-7-4-12-24-20(17)22/h1-2,4,7-13H,5,14H2,(H2,22,24). The Morgan fingerprint density at radius 1 is 1.04 bits per heavy atom. The van der Waals surface area contributed by atoms with Crippen molar-refractivity contribution in [1.82, 2.24) is 9.97 Å². The van der Waals surface area contributed by atoms with Crippen molar-refractivity contribution >= 4 is 5.82 Å². The highest BCUT2D eigenvalue weighted by molar-refractivity contribution is 5.50. The number of pyridine rings is 2. The zero-order valence-corrected chi connectivity index (χ0v) is 13.4. The number of nitrogens with two attached hydrogens (primary N) is 1. The minimum atomic E-state index is -0.310. The Morgan fingerprint density at radius 3 is 2.68 bits per heavy atom. The Hall–Kier alpha value is -3.39. The summed E-state index contributed by atoms with van der Waals surface area (Å²) in [5.74, 6) is 6.41. The van der Waals surface area contributed by atoms with Gasteiger partial charge < -0.3 is 10.5 Å². The number of rotatable bonds is 4. The summed E-state index contributed by atoms with van der Waals surface area (Å²) < 4.78 is 19.7. The largest absolute Gasteiger partial charge is 0.473 e. The Kier molecular flexibility index (Phi) is 5.22. The van der Waals surface area contributed by atoms with Gasteiger partial charge in [0.1, 0.15) is 18.2 Å². The monoisotopic (exact) mass is 333 g/mol. The van der Waals surface area contributed by atoms with Crippen LogP contribution in [0.5, 0.6) is 5.88 Å². The molecule has 3 aromatic rings. The lowest BCUT2D eigenvalue weighted by molar-refractivity contribution is 0.293. The fourth-order valence-electron chi connectivity index (χ4n) is 2.17. The summed E-state index contributed by atoms with van der Waals surface area (Å²) in [6, 6.07) is 13.9. The summed E-state index contributed by atoms with van der Waals surface area (Å²) in [5.41, 5.74) is 7.62. The van der Waals surface area contributed by atoms with Crippen LogP contribution in [-0.2, 0) is 13.0 Å². The Balaban J connectivity index is 1.63. The van der Waals surface area contributed by atoms with Gasteiger partial charge in [0.05, 0.1) is 5.56 Å². The number of nitrogens with zero attached hydrogens (tertiary/aromatic N) is 2. The number of hydrogen-bond acceptors (Lipinski definition) is 4. The number of halogens is 1. The van der Waals surface area contributed by atoms with Gasteiger partial charge in [-0.05, 0) is 35.4 Å². The second-order valence-electron chi connectivity index (χ2n) is 5.30. The second kappa shape index (κ2) is 7.93. The van der Waals surface area contributed by atoms with Crippen molar-refractivity contribution in [2.45, 2.75) is 13.0 Å². The summed E-state index contributed by atoms with van der Waals surface area (Å²) in [7, 11) is 0. The molecule has 4 nitrogen and oxygen atoms in total. The molecule has 2 N–H and O–H groups in total. The van der Waals surface area contributed by atoms with Gasteiger partial charge in [-0.25, -0.2) is 14.4 Å². The summed E-state index contributed by atoms with van der Waals surface area (Å²) >= 11 is 0. The predicted octanol–water partition coefficient (Wildman–Crippen LogP) is 3.37. The van der Waals surface area contributed by atoms with Crippen molar-refractivity contribution in [3.8, 4) is 17.7 Å². The van der Waals surface area contributed by atoms with E-state index in [0.29, 0.717) is 29.2 Å². The topological polar surface area (TPSA) is 61.0 Å². The van der Waals surface area contributed by atoms with E-state index in [0.717, 1.165) is 5.56 Å². The molecule has 0 atom stereocenters. The lowest BCUT2D eigenvalue weighted by Crippen LogP contribution is -1.99. The molecule has 0 unspecified atom stereocenters. The van der Waals surface area contributed by atoms with Crippen molar-refractivity contribution < 1.29 is 9.13 Å². The van der Waals surface area contributed by atoms with Crippen molar-refractivity contribution in [3.63, 3.8) is 0 Å². The molecule has 0 fully saturated rings. The van der Waals surface area contributed by atoms with Crippen molar-refractivity contribution in [2.24, 2.45) is 0 Å². The second-order valence-corrected chi connectivity index (χ2v) is 5.30. The molecule has 2 heterocycles. The molecule has 2 aromatic heterocycles. The molecule has 0 saturated heterocycles. The molecular weight excluding hydrogens is 317 g/mol. The van der Waals surface area contributed by atoms with Gasteiger partial charge >= 0.3 is 0 Å². The van der Waals surface area contributed by atoms with Gasteiger partial charge in [-0.2, -0.15) is 0 Å². The predicted molar refractivity (Wildman–Crippen MR) is 94.2 cm³/mol. The van der Waals surface area contributed by atoms with E-state index in [4.69, 9.17) is 10.5 Å².